The number of aromatic nitrogens is 3. The smallest absolute Gasteiger partial charge is 0.234 e. The van der Waals surface area contributed by atoms with E-state index in [1.165, 1.54) is 0 Å². The van der Waals surface area contributed by atoms with Gasteiger partial charge >= 0.3 is 0 Å². The van der Waals surface area contributed by atoms with E-state index in [2.05, 4.69) is 21.8 Å². The van der Waals surface area contributed by atoms with Crippen molar-refractivity contribution in [1.29, 1.82) is 0 Å². The lowest BCUT2D eigenvalue weighted by atomic mass is 10.4. The minimum absolute atomic E-state index is 0.551. The van der Waals surface area contributed by atoms with E-state index in [0.717, 1.165) is 0 Å². The highest BCUT2D eigenvalue weighted by atomic mass is 16.1. The summed E-state index contributed by atoms with van der Waals surface area (Å²) in [6.45, 7) is 0. The first-order valence-corrected chi connectivity index (χ1v) is 3.65. The van der Waals surface area contributed by atoms with Gasteiger partial charge in [-0.15, -0.1) is 0 Å². The molecule has 0 unspecified atom stereocenters. The molecule has 62 valence electrons. The molecule has 0 saturated carbocycles. The first-order chi connectivity index (χ1) is 6.42. The Morgan fingerprint density at radius 2 is 2.38 bits per heavy atom. The summed E-state index contributed by atoms with van der Waals surface area (Å²) in [5, 5.41) is 0. The van der Waals surface area contributed by atoms with Crippen LogP contribution in [0.3, 0.4) is 0 Å². The highest BCUT2D eigenvalue weighted by Crippen LogP contribution is 2.00. The molecule has 0 aliphatic rings. The van der Waals surface area contributed by atoms with Gasteiger partial charge in [0, 0.05) is 12.4 Å². The van der Waals surface area contributed by atoms with Crippen LogP contribution in [0.4, 0.5) is 0 Å². The molecule has 2 rings (SSSR count). The lowest BCUT2D eigenvalue weighted by Gasteiger charge is -1.90. The van der Waals surface area contributed by atoms with Crippen molar-refractivity contribution >= 4 is 12.1 Å². The molecule has 2 heterocycles. The van der Waals surface area contributed by atoms with Crippen LogP contribution >= 0.6 is 0 Å². The van der Waals surface area contributed by atoms with E-state index >= 15 is 0 Å². The first kappa shape index (κ1) is 7.50. The van der Waals surface area contributed by atoms with E-state index in [1.807, 2.05) is 0 Å². The number of carbonyl (C=O) groups is 1. The minimum Gasteiger partial charge on any atom is -0.289 e. The summed E-state index contributed by atoms with van der Waals surface area (Å²) in [6, 6.07) is 1.78. The average molecular weight is 171 g/mol. The number of rotatable bonds is 0. The molecule has 0 aliphatic heterocycles. The van der Waals surface area contributed by atoms with Crippen molar-refractivity contribution < 1.29 is 4.79 Å². The Hall–Kier alpha value is -2.15. The number of fused-ring (bicyclic) bond motifs is 1. The molecule has 4 nitrogen and oxygen atoms in total. The van der Waals surface area contributed by atoms with Crippen molar-refractivity contribution in [3.05, 3.63) is 30.4 Å². The molecule has 0 fully saturated rings. The molecule has 0 saturated heterocycles. The third-order valence-electron chi connectivity index (χ3n) is 1.55. The monoisotopic (exact) mass is 171 g/mol. The number of hydrogen-bond donors (Lipinski definition) is 0. The van der Waals surface area contributed by atoms with Gasteiger partial charge in [0.2, 0.25) is 5.78 Å². The van der Waals surface area contributed by atoms with Crippen LogP contribution < -0.4 is 0 Å². The van der Waals surface area contributed by atoms with E-state index < -0.39 is 0 Å². The van der Waals surface area contributed by atoms with Crippen LogP contribution in [0.5, 0.6) is 0 Å². The maximum atomic E-state index is 10.0. The van der Waals surface area contributed by atoms with Crippen LogP contribution in [-0.4, -0.2) is 20.7 Å². The Labute approximate surface area is 74.2 Å². The van der Waals surface area contributed by atoms with Gasteiger partial charge in [-0.3, -0.25) is 9.20 Å². The molecule has 0 spiro atoms. The highest BCUT2D eigenvalue weighted by Gasteiger charge is 1.98. The standard InChI is InChI=1S/C9H5N3O/c13-6-1-3-8-7-11-9-10-4-2-5-12(8)9/h2,4-7H. The second kappa shape index (κ2) is 3.07. The Morgan fingerprint density at radius 3 is 3.23 bits per heavy atom. The summed E-state index contributed by atoms with van der Waals surface area (Å²) in [7, 11) is 0. The summed E-state index contributed by atoms with van der Waals surface area (Å²) in [6.07, 6.45) is 5.58. The molecule has 4 heteroatoms. The molecule has 0 aliphatic carbocycles. The summed E-state index contributed by atoms with van der Waals surface area (Å²) < 4.78 is 1.72. The van der Waals surface area contributed by atoms with Gasteiger partial charge in [-0.1, -0.05) is 0 Å². The third-order valence-corrected chi connectivity index (χ3v) is 1.55. The summed E-state index contributed by atoms with van der Waals surface area (Å²) >= 11 is 0. The van der Waals surface area contributed by atoms with Gasteiger partial charge in [-0.05, 0) is 17.9 Å². The molecular weight excluding hydrogens is 166 g/mol. The molecule has 0 aromatic carbocycles. The van der Waals surface area contributed by atoms with Gasteiger partial charge in [-0.2, -0.15) is 0 Å². The molecule has 13 heavy (non-hydrogen) atoms. The van der Waals surface area contributed by atoms with Gasteiger partial charge in [0.15, 0.2) is 6.29 Å². The van der Waals surface area contributed by atoms with Crippen LogP contribution in [0.15, 0.2) is 24.7 Å². The molecule has 0 atom stereocenters. The summed E-state index contributed by atoms with van der Waals surface area (Å²) in [5.74, 6) is 5.56. The fourth-order valence-electron chi connectivity index (χ4n) is 1.02. The van der Waals surface area contributed by atoms with E-state index in [0.29, 0.717) is 17.8 Å². The number of carbonyl (C=O) groups excluding carboxylic acids is 1. The first-order valence-electron chi connectivity index (χ1n) is 3.65. The van der Waals surface area contributed by atoms with Crippen LogP contribution in [0, 0.1) is 11.8 Å². The number of nitrogens with zero attached hydrogens (tertiary/aromatic N) is 3. The molecule has 0 N–H and O–H groups in total. The zero-order valence-corrected chi connectivity index (χ0v) is 6.64. The zero-order chi connectivity index (χ0) is 9.10. The molecule has 0 amide bonds. The average Bonchev–Trinajstić information content (AvgIpc) is 2.58. The topological polar surface area (TPSA) is 47.3 Å². The highest BCUT2D eigenvalue weighted by molar-refractivity contribution is 5.73. The number of imidazole rings is 1. The van der Waals surface area contributed by atoms with Gasteiger partial charge < -0.3 is 0 Å². The Kier molecular flexibility index (Phi) is 1.77. The molecular formula is C9H5N3O. The third kappa shape index (κ3) is 1.27. The van der Waals surface area contributed by atoms with E-state index in [-0.39, 0.29) is 0 Å². The normalized spacial score (nSPS) is 9.23. The van der Waals surface area contributed by atoms with Crippen molar-refractivity contribution in [2.75, 3.05) is 0 Å². The zero-order valence-electron chi connectivity index (χ0n) is 6.64. The van der Waals surface area contributed by atoms with Crippen molar-refractivity contribution in [2.24, 2.45) is 0 Å². The van der Waals surface area contributed by atoms with Crippen LogP contribution in [0.2, 0.25) is 0 Å². The molecule has 0 radical (unpaired) electrons. The van der Waals surface area contributed by atoms with E-state index in [1.54, 1.807) is 29.1 Å². The van der Waals surface area contributed by atoms with Crippen molar-refractivity contribution in [3.8, 4) is 11.8 Å². The van der Waals surface area contributed by atoms with Gasteiger partial charge in [0.05, 0.1) is 6.20 Å². The molecule has 0 bridgehead atoms. The largest absolute Gasteiger partial charge is 0.289 e. The quantitative estimate of drug-likeness (QED) is 0.422. The predicted octanol–water partition coefficient (Wildman–Crippen LogP) is 0.280. The molecule has 2 aromatic heterocycles. The fraction of sp³-hybridized carbons (Fsp3) is 0. The van der Waals surface area contributed by atoms with Crippen molar-refractivity contribution in [2.45, 2.75) is 0 Å². The Balaban J connectivity index is 2.64. The number of aldehydes is 1. The fourth-order valence-corrected chi connectivity index (χ4v) is 1.02. The minimum atomic E-state index is 0.551. The molecule has 2 aromatic rings. The van der Waals surface area contributed by atoms with Crippen molar-refractivity contribution in [1.82, 2.24) is 14.4 Å². The van der Waals surface area contributed by atoms with Gasteiger partial charge in [0.25, 0.3) is 0 Å². The maximum Gasteiger partial charge on any atom is 0.234 e. The Morgan fingerprint density at radius 1 is 1.46 bits per heavy atom. The van der Waals surface area contributed by atoms with Crippen LogP contribution in [0.1, 0.15) is 5.69 Å². The van der Waals surface area contributed by atoms with E-state index in [4.69, 9.17) is 0 Å². The van der Waals surface area contributed by atoms with Crippen molar-refractivity contribution in [3.63, 3.8) is 0 Å². The second-order valence-corrected chi connectivity index (χ2v) is 2.32. The lowest BCUT2D eigenvalue weighted by molar-refractivity contribution is -0.103. The SMILES string of the molecule is O=CC#Cc1cnc2ncccn12. The lowest BCUT2D eigenvalue weighted by Crippen LogP contribution is -1.88. The summed E-state index contributed by atoms with van der Waals surface area (Å²) in [4.78, 5) is 18.0. The van der Waals surface area contributed by atoms with E-state index in [9.17, 15) is 4.79 Å². The number of hydrogen-bond acceptors (Lipinski definition) is 3. The van der Waals surface area contributed by atoms with Gasteiger partial charge in [0.1, 0.15) is 5.69 Å². The Bertz CT molecular complexity index is 504. The summed E-state index contributed by atoms with van der Waals surface area (Å²) in [5.41, 5.74) is 0.662. The van der Waals surface area contributed by atoms with Gasteiger partial charge in [-0.25, -0.2) is 9.97 Å². The predicted molar refractivity (Wildman–Crippen MR) is 45.9 cm³/mol. The maximum absolute atomic E-state index is 10.0. The second-order valence-electron chi connectivity index (χ2n) is 2.32. The van der Waals surface area contributed by atoms with Crippen LogP contribution in [-0.2, 0) is 4.79 Å². The van der Waals surface area contributed by atoms with Crippen LogP contribution in [0.25, 0.3) is 5.78 Å².